The van der Waals surface area contributed by atoms with E-state index in [1.54, 1.807) is 6.07 Å². The van der Waals surface area contributed by atoms with Crippen LogP contribution in [0.25, 0.3) is 28.2 Å². The Bertz CT molecular complexity index is 1970. The number of benzene rings is 3. The van der Waals surface area contributed by atoms with Crippen molar-refractivity contribution in [3.05, 3.63) is 94.5 Å². The molecule has 0 fully saturated rings. The molecule has 1 aliphatic heterocycles. The Balaban J connectivity index is 1.59. The second-order valence-corrected chi connectivity index (χ2v) is 14.0. The van der Waals surface area contributed by atoms with Gasteiger partial charge in [-0.3, -0.25) is 9.52 Å². The Kier molecular flexibility index (Phi) is 9.05. The van der Waals surface area contributed by atoms with Crippen molar-refractivity contribution >= 4 is 61.9 Å². The Morgan fingerprint density at radius 2 is 1.73 bits per heavy atom. The van der Waals surface area contributed by atoms with Gasteiger partial charge in [-0.25, -0.2) is 13.2 Å². The number of hydrogen-bond acceptors (Lipinski definition) is 5. The maximum atomic E-state index is 12.4. The summed E-state index contributed by atoms with van der Waals surface area (Å²) in [6.07, 6.45) is 5.21. The molecular formula is C35H37ClN3O5S+. The molecule has 10 heteroatoms. The molecule has 0 bridgehead atoms. The molecule has 1 N–H and O–H groups in total. The minimum Gasteiger partial charge on any atom is -0.465 e. The number of carbonyl (C=O) groups is 2. The molecular weight excluding hydrogens is 610 g/mol. The molecule has 1 aromatic heterocycles. The number of ether oxygens (including phenoxy) is 1. The van der Waals surface area contributed by atoms with Crippen molar-refractivity contribution in [2.75, 3.05) is 19.4 Å². The lowest BCUT2D eigenvalue weighted by molar-refractivity contribution is -0.438. The van der Waals surface area contributed by atoms with E-state index in [0.717, 1.165) is 44.7 Å². The molecule has 5 rings (SSSR count). The van der Waals surface area contributed by atoms with Crippen LogP contribution in [0.3, 0.4) is 0 Å². The van der Waals surface area contributed by atoms with Gasteiger partial charge in [-0.15, -0.1) is 0 Å². The van der Waals surface area contributed by atoms with Crippen molar-refractivity contribution in [3.63, 3.8) is 0 Å². The van der Waals surface area contributed by atoms with Gasteiger partial charge in [0.05, 0.1) is 29.5 Å². The van der Waals surface area contributed by atoms with E-state index in [-0.39, 0.29) is 5.75 Å². The zero-order valence-electron chi connectivity index (χ0n) is 26.1. The maximum Gasteiger partial charge on any atom is 0.337 e. The third kappa shape index (κ3) is 6.46. The number of nitrogens with zero attached hydrogens (tertiary/aromatic N) is 2. The Morgan fingerprint density at radius 3 is 2.42 bits per heavy atom. The third-order valence-corrected chi connectivity index (χ3v) is 10.0. The van der Waals surface area contributed by atoms with Crippen LogP contribution in [-0.2, 0) is 32.0 Å². The summed E-state index contributed by atoms with van der Waals surface area (Å²) < 4.78 is 35.9. The van der Waals surface area contributed by atoms with Gasteiger partial charge < -0.3 is 9.30 Å². The van der Waals surface area contributed by atoms with Gasteiger partial charge in [0.15, 0.2) is 5.71 Å². The largest absolute Gasteiger partial charge is 0.465 e. The first-order valence-electron chi connectivity index (χ1n) is 14.7. The molecule has 3 aromatic carbocycles. The van der Waals surface area contributed by atoms with E-state index >= 15 is 0 Å². The van der Waals surface area contributed by atoms with E-state index in [1.165, 1.54) is 14.0 Å². The second kappa shape index (κ2) is 12.7. The highest BCUT2D eigenvalue weighted by Gasteiger charge is 2.44. The number of amides is 1. The molecule has 8 nitrogen and oxygen atoms in total. The number of carbonyl (C=O) groups excluding carboxylic acids is 2. The summed E-state index contributed by atoms with van der Waals surface area (Å²) in [6, 6.07) is 21.7. The number of rotatable bonds is 10. The fourth-order valence-electron chi connectivity index (χ4n) is 6.20. The fraction of sp³-hybridized carbons (Fsp3) is 0.286. The van der Waals surface area contributed by atoms with Crippen molar-refractivity contribution in [2.45, 2.75) is 39.0 Å². The SMILES string of the molecule is COC(=O)c1ccc2c(c1)C(C)(C)C(C=Cc1c(-c3ccc(Cl)cc3)n(C)c3ccccc13)=[N+]2CCCCS(=O)(=O)NC(C)=O. The van der Waals surface area contributed by atoms with Gasteiger partial charge >= 0.3 is 5.97 Å². The van der Waals surface area contributed by atoms with Gasteiger partial charge in [-0.05, 0) is 62.2 Å². The smallest absolute Gasteiger partial charge is 0.337 e. The minimum absolute atomic E-state index is 0.149. The molecule has 0 spiro atoms. The first kappa shape index (κ1) is 32.2. The van der Waals surface area contributed by atoms with Crippen LogP contribution in [0.15, 0.2) is 72.8 Å². The number of halogens is 1. The number of unbranched alkanes of at least 4 members (excludes halogenated alkanes) is 1. The zero-order valence-corrected chi connectivity index (χ0v) is 27.6. The lowest BCUT2D eigenvalue weighted by Crippen LogP contribution is -2.31. The zero-order chi connectivity index (χ0) is 32.5. The number of aromatic nitrogens is 1. The van der Waals surface area contributed by atoms with Crippen molar-refractivity contribution in [1.82, 2.24) is 9.29 Å². The number of nitrogens with one attached hydrogen (secondary N) is 1. The average Bonchev–Trinajstić information content (AvgIpc) is 3.39. The van der Waals surface area contributed by atoms with Crippen LogP contribution in [0.1, 0.15) is 55.1 Å². The van der Waals surface area contributed by atoms with Crippen LogP contribution in [0.5, 0.6) is 0 Å². The number of methoxy groups -OCH3 is 1. The summed E-state index contributed by atoms with van der Waals surface area (Å²) in [5.74, 6) is -1.15. The molecule has 0 atom stereocenters. The molecule has 1 aliphatic rings. The van der Waals surface area contributed by atoms with Crippen LogP contribution in [0.2, 0.25) is 5.02 Å². The third-order valence-electron chi connectivity index (χ3n) is 8.33. The summed E-state index contributed by atoms with van der Waals surface area (Å²) in [5, 5.41) is 1.78. The number of fused-ring (bicyclic) bond motifs is 2. The van der Waals surface area contributed by atoms with Gasteiger partial charge in [0.2, 0.25) is 21.6 Å². The average molecular weight is 647 g/mol. The summed E-state index contributed by atoms with van der Waals surface area (Å²) in [6.45, 7) is 5.97. The molecule has 0 saturated heterocycles. The molecule has 45 heavy (non-hydrogen) atoms. The van der Waals surface area contributed by atoms with Gasteiger partial charge in [-0.1, -0.05) is 41.9 Å². The van der Waals surface area contributed by atoms with E-state index in [0.29, 0.717) is 30.0 Å². The molecule has 0 saturated carbocycles. The highest BCUT2D eigenvalue weighted by molar-refractivity contribution is 7.90. The van der Waals surface area contributed by atoms with Crippen LogP contribution in [0, 0.1) is 0 Å². The quantitative estimate of drug-likeness (QED) is 0.119. The van der Waals surface area contributed by atoms with Gasteiger partial charge in [0.1, 0.15) is 6.54 Å². The maximum absolute atomic E-state index is 12.4. The fourth-order valence-corrected chi connectivity index (χ4v) is 7.45. The monoisotopic (exact) mass is 646 g/mol. The summed E-state index contributed by atoms with van der Waals surface area (Å²) in [7, 11) is -0.268. The van der Waals surface area contributed by atoms with Crippen LogP contribution in [-0.4, -0.2) is 54.6 Å². The lowest BCUT2D eigenvalue weighted by atomic mass is 9.80. The van der Waals surface area contributed by atoms with Crippen molar-refractivity contribution in [1.29, 1.82) is 0 Å². The number of para-hydroxylation sites is 1. The predicted octanol–water partition coefficient (Wildman–Crippen LogP) is 6.62. The number of esters is 1. The first-order chi connectivity index (χ1) is 21.3. The van der Waals surface area contributed by atoms with Gasteiger partial charge in [-0.2, -0.15) is 4.58 Å². The number of aryl methyl sites for hydroxylation is 1. The second-order valence-electron chi connectivity index (χ2n) is 11.7. The Labute approximate surface area is 269 Å². The number of sulfonamides is 1. The predicted molar refractivity (Wildman–Crippen MR) is 180 cm³/mol. The van der Waals surface area contributed by atoms with E-state index in [4.69, 9.17) is 16.3 Å². The normalized spacial score (nSPS) is 14.3. The van der Waals surface area contributed by atoms with E-state index < -0.39 is 27.3 Å². The van der Waals surface area contributed by atoms with Crippen LogP contribution in [0.4, 0.5) is 5.69 Å². The molecule has 0 aliphatic carbocycles. The van der Waals surface area contributed by atoms with Crippen molar-refractivity contribution in [3.8, 4) is 11.3 Å². The van der Waals surface area contributed by atoms with E-state index in [9.17, 15) is 18.0 Å². The van der Waals surface area contributed by atoms with Gasteiger partial charge in [0, 0.05) is 59.6 Å². The Morgan fingerprint density at radius 1 is 1.02 bits per heavy atom. The molecule has 0 unspecified atom stereocenters. The molecule has 4 aromatic rings. The molecule has 2 heterocycles. The van der Waals surface area contributed by atoms with E-state index in [1.807, 2.05) is 53.3 Å². The van der Waals surface area contributed by atoms with E-state index in [2.05, 4.69) is 54.3 Å². The van der Waals surface area contributed by atoms with Crippen molar-refractivity contribution in [2.24, 2.45) is 7.05 Å². The van der Waals surface area contributed by atoms with Gasteiger partial charge in [0.25, 0.3) is 0 Å². The highest BCUT2D eigenvalue weighted by Crippen LogP contribution is 2.42. The topological polar surface area (TPSA) is 97.5 Å². The minimum atomic E-state index is -3.69. The first-order valence-corrected chi connectivity index (χ1v) is 16.8. The highest BCUT2D eigenvalue weighted by atomic mass is 35.5. The number of allylic oxidation sites excluding steroid dienone is 1. The summed E-state index contributed by atoms with van der Waals surface area (Å²) >= 11 is 6.22. The lowest BCUT2D eigenvalue weighted by Gasteiger charge is -2.16. The van der Waals surface area contributed by atoms with Crippen LogP contribution < -0.4 is 4.72 Å². The summed E-state index contributed by atoms with van der Waals surface area (Å²) in [4.78, 5) is 23.7. The summed E-state index contributed by atoms with van der Waals surface area (Å²) in [5.41, 5.74) is 7.18. The number of hydrogen-bond donors (Lipinski definition) is 1. The Hall–Kier alpha value is -4.21. The van der Waals surface area contributed by atoms with Crippen molar-refractivity contribution < 1.29 is 27.3 Å². The molecule has 1 amide bonds. The standard InChI is InChI=1S/C35H36ClN3O5S/c1-23(40)37-45(42,43)21-9-8-20-39-31-18-14-25(34(41)44-5)22-29(31)35(2,3)32(39)19-17-28-27-10-6-7-11-30(27)38(4)33(28)24-12-15-26(36)16-13-24/h6-7,10-19,22H,8-9,20-21H2,1-5H3/p+1. The van der Waals surface area contributed by atoms with Crippen LogP contribution >= 0.6 is 11.6 Å². The molecule has 234 valence electrons. The molecule has 0 radical (unpaired) electrons.